The first-order valence-electron chi connectivity index (χ1n) is 7.95. The molecule has 0 fully saturated rings. The average Bonchev–Trinajstić information content (AvgIpc) is 2.95. The van der Waals surface area contributed by atoms with Crippen LogP contribution in [-0.2, 0) is 11.3 Å². The fraction of sp³-hybridized carbons (Fsp3) is 0.167. The summed E-state index contributed by atoms with van der Waals surface area (Å²) in [6.07, 6.45) is 0. The molecule has 0 atom stereocenters. The number of hydrazone groups is 1. The zero-order valence-electron chi connectivity index (χ0n) is 14.3. The summed E-state index contributed by atoms with van der Waals surface area (Å²) >= 11 is 0. The lowest BCUT2D eigenvalue weighted by atomic mass is 10.1. The summed E-state index contributed by atoms with van der Waals surface area (Å²) in [5.41, 5.74) is 5.22. The van der Waals surface area contributed by atoms with Crippen molar-refractivity contribution in [3.63, 3.8) is 0 Å². The highest BCUT2D eigenvalue weighted by Gasteiger charge is 2.11. The van der Waals surface area contributed by atoms with Crippen LogP contribution in [0.1, 0.15) is 18.3 Å². The fourth-order valence-corrected chi connectivity index (χ4v) is 2.63. The van der Waals surface area contributed by atoms with Crippen LogP contribution in [0.15, 0.2) is 53.6 Å². The second-order valence-corrected chi connectivity index (χ2v) is 5.77. The number of fused-ring (bicyclic) bond motifs is 1. The Morgan fingerprint density at radius 2 is 2.04 bits per heavy atom. The van der Waals surface area contributed by atoms with Crippen molar-refractivity contribution in [2.75, 3.05) is 0 Å². The normalized spacial score (nSPS) is 11.5. The van der Waals surface area contributed by atoms with Crippen LogP contribution in [0.3, 0.4) is 0 Å². The predicted octanol–water partition coefficient (Wildman–Crippen LogP) is 2.79. The van der Waals surface area contributed by atoms with E-state index in [-0.39, 0.29) is 18.1 Å². The lowest BCUT2D eigenvalue weighted by molar-refractivity contribution is -0.384. The van der Waals surface area contributed by atoms with E-state index < -0.39 is 4.92 Å². The second kappa shape index (κ2) is 7.14. The van der Waals surface area contributed by atoms with Crippen LogP contribution >= 0.6 is 0 Å². The third-order valence-corrected chi connectivity index (χ3v) is 3.97. The molecule has 1 N–H and O–H groups in total. The standard InChI is InChI=1S/C18H17N5O3/c1-12(14-6-5-7-15(10-14)23(25)26)20-21-18(24)11-22-13(2)19-16-8-3-4-9-17(16)22/h3-10H,11H2,1-2H3,(H,21,24)/b20-12+. The topological polar surface area (TPSA) is 102 Å². The number of imidazole rings is 1. The number of nitrogens with zero attached hydrogens (tertiary/aromatic N) is 4. The molecule has 132 valence electrons. The Morgan fingerprint density at radius 1 is 1.27 bits per heavy atom. The van der Waals surface area contributed by atoms with Gasteiger partial charge in [0, 0.05) is 17.7 Å². The summed E-state index contributed by atoms with van der Waals surface area (Å²) in [5, 5.41) is 14.9. The van der Waals surface area contributed by atoms with Crippen LogP contribution < -0.4 is 5.43 Å². The van der Waals surface area contributed by atoms with Crippen LogP contribution in [-0.4, -0.2) is 26.1 Å². The number of carbonyl (C=O) groups excluding carboxylic acids is 1. The molecule has 1 aromatic heterocycles. The molecule has 0 aliphatic carbocycles. The van der Waals surface area contributed by atoms with Crippen LogP contribution in [0.5, 0.6) is 0 Å². The molecule has 3 aromatic rings. The first kappa shape index (κ1) is 17.3. The Labute approximate surface area is 149 Å². The number of carbonyl (C=O) groups is 1. The van der Waals surface area contributed by atoms with Gasteiger partial charge in [-0.25, -0.2) is 10.4 Å². The maximum absolute atomic E-state index is 12.2. The first-order chi connectivity index (χ1) is 12.5. The van der Waals surface area contributed by atoms with Gasteiger partial charge in [-0.15, -0.1) is 0 Å². The van der Waals surface area contributed by atoms with E-state index in [1.807, 2.05) is 35.8 Å². The molecular formula is C18H17N5O3. The van der Waals surface area contributed by atoms with Crippen LogP contribution in [0.4, 0.5) is 5.69 Å². The van der Waals surface area contributed by atoms with Crippen molar-refractivity contribution in [2.45, 2.75) is 20.4 Å². The minimum Gasteiger partial charge on any atom is -0.319 e. The third-order valence-electron chi connectivity index (χ3n) is 3.97. The molecule has 0 spiro atoms. The number of para-hydroxylation sites is 2. The van der Waals surface area contributed by atoms with E-state index in [0.29, 0.717) is 11.3 Å². The fourth-order valence-electron chi connectivity index (χ4n) is 2.63. The molecular weight excluding hydrogens is 334 g/mol. The van der Waals surface area contributed by atoms with Crippen LogP contribution in [0.25, 0.3) is 11.0 Å². The van der Waals surface area contributed by atoms with Crippen molar-refractivity contribution in [3.05, 3.63) is 70.0 Å². The van der Waals surface area contributed by atoms with Crippen molar-refractivity contribution < 1.29 is 9.72 Å². The number of benzene rings is 2. The third kappa shape index (κ3) is 3.59. The summed E-state index contributed by atoms with van der Waals surface area (Å²) in [4.78, 5) is 27.0. The summed E-state index contributed by atoms with van der Waals surface area (Å²) in [5.74, 6) is 0.432. The van der Waals surface area contributed by atoms with Gasteiger partial charge < -0.3 is 4.57 Å². The number of aryl methyl sites for hydroxylation is 1. The van der Waals surface area contributed by atoms with E-state index in [9.17, 15) is 14.9 Å². The molecule has 8 nitrogen and oxygen atoms in total. The van der Waals surface area contributed by atoms with Crippen LogP contribution in [0, 0.1) is 17.0 Å². The summed E-state index contributed by atoms with van der Waals surface area (Å²) in [7, 11) is 0. The molecule has 3 rings (SSSR count). The van der Waals surface area contributed by atoms with Gasteiger partial charge in [-0.05, 0) is 26.0 Å². The van der Waals surface area contributed by atoms with E-state index in [2.05, 4.69) is 15.5 Å². The quantitative estimate of drug-likeness (QED) is 0.434. The van der Waals surface area contributed by atoms with Gasteiger partial charge in [-0.1, -0.05) is 24.3 Å². The molecule has 0 aliphatic rings. The average molecular weight is 351 g/mol. The zero-order chi connectivity index (χ0) is 18.7. The van der Waals surface area contributed by atoms with E-state index in [0.717, 1.165) is 16.9 Å². The number of hydrogen-bond acceptors (Lipinski definition) is 5. The van der Waals surface area contributed by atoms with Crippen molar-refractivity contribution in [3.8, 4) is 0 Å². The van der Waals surface area contributed by atoms with Gasteiger partial charge >= 0.3 is 0 Å². The molecule has 0 unspecified atom stereocenters. The number of nitro benzene ring substituents is 1. The molecule has 0 bridgehead atoms. The number of nitrogens with one attached hydrogen (secondary N) is 1. The zero-order valence-corrected chi connectivity index (χ0v) is 14.3. The Kier molecular flexibility index (Phi) is 4.74. The number of nitro groups is 1. The van der Waals surface area contributed by atoms with E-state index in [1.54, 1.807) is 19.1 Å². The molecule has 2 aromatic carbocycles. The van der Waals surface area contributed by atoms with E-state index >= 15 is 0 Å². The summed E-state index contributed by atoms with van der Waals surface area (Å²) in [6.45, 7) is 3.60. The first-order valence-corrected chi connectivity index (χ1v) is 7.95. The number of aromatic nitrogens is 2. The van der Waals surface area contributed by atoms with Gasteiger partial charge in [-0.2, -0.15) is 5.10 Å². The Morgan fingerprint density at radius 3 is 2.81 bits per heavy atom. The van der Waals surface area contributed by atoms with Crippen molar-refractivity contribution in [1.82, 2.24) is 15.0 Å². The Balaban J connectivity index is 1.73. The number of hydrogen-bond donors (Lipinski definition) is 1. The number of rotatable bonds is 5. The monoisotopic (exact) mass is 351 g/mol. The highest BCUT2D eigenvalue weighted by molar-refractivity contribution is 5.99. The lowest BCUT2D eigenvalue weighted by Gasteiger charge is -2.06. The minimum atomic E-state index is -0.470. The lowest BCUT2D eigenvalue weighted by Crippen LogP contribution is -2.24. The smallest absolute Gasteiger partial charge is 0.270 e. The van der Waals surface area contributed by atoms with Gasteiger partial charge in [-0.3, -0.25) is 14.9 Å². The van der Waals surface area contributed by atoms with Gasteiger partial charge in [0.2, 0.25) is 0 Å². The van der Waals surface area contributed by atoms with E-state index in [4.69, 9.17) is 0 Å². The highest BCUT2D eigenvalue weighted by atomic mass is 16.6. The maximum atomic E-state index is 12.2. The predicted molar refractivity (Wildman–Crippen MR) is 97.9 cm³/mol. The van der Waals surface area contributed by atoms with Gasteiger partial charge in [0.25, 0.3) is 11.6 Å². The maximum Gasteiger partial charge on any atom is 0.270 e. The Hall–Kier alpha value is -3.55. The molecule has 8 heteroatoms. The molecule has 0 saturated carbocycles. The molecule has 0 radical (unpaired) electrons. The van der Waals surface area contributed by atoms with Crippen molar-refractivity contribution in [1.29, 1.82) is 0 Å². The van der Waals surface area contributed by atoms with Crippen LogP contribution in [0.2, 0.25) is 0 Å². The van der Waals surface area contributed by atoms with Gasteiger partial charge in [0.1, 0.15) is 12.4 Å². The molecule has 1 heterocycles. The molecule has 26 heavy (non-hydrogen) atoms. The van der Waals surface area contributed by atoms with Gasteiger partial charge in [0.15, 0.2) is 0 Å². The number of amides is 1. The molecule has 1 amide bonds. The molecule has 0 saturated heterocycles. The summed E-state index contributed by atoms with van der Waals surface area (Å²) < 4.78 is 1.81. The summed E-state index contributed by atoms with van der Waals surface area (Å²) in [6, 6.07) is 13.7. The number of non-ortho nitro benzene ring substituents is 1. The van der Waals surface area contributed by atoms with Gasteiger partial charge in [0.05, 0.1) is 21.7 Å². The largest absolute Gasteiger partial charge is 0.319 e. The van der Waals surface area contributed by atoms with Crippen molar-refractivity contribution >= 4 is 28.3 Å². The highest BCUT2D eigenvalue weighted by Crippen LogP contribution is 2.15. The van der Waals surface area contributed by atoms with E-state index in [1.165, 1.54) is 12.1 Å². The minimum absolute atomic E-state index is 0.0242. The SMILES string of the molecule is C/C(=N\NC(=O)Cn1c(C)nc2ccccc21)c1cccc([N+](=O)[O-])c1. The Bertz CT molecular complexity index is 1020. The second-order valence-electron chi connectivity index (χ2n) is 5.77. The van der Waals surface area contributed by atoms with Crippen molar-refractivity contribution in [2.24, 2.45) is 5.10 Å². The molecule has 0 aliphatic heterocycles.